The molecule has 2 aromatic carbocycles. The molecule has 0 aliphatic heterocycles. The highest BCUT2D eigenvalue weighted by Crippen LogP contribution is 2.32. The molecule has 0 fully saturated rings. The van der Waals surface area contributed by atoms with Crippen molar-refractivity contribution in [2.75, 3.05) is 11.1 Å². The SMILES string of the molecule is C=CCSc1ccccc1NC(C)c1ccccc1O. The van der Waals surface area contributed by atoms with Crippen molar-refractivity contribution in [1.82, 2.24) is 0 Å². The summed E-state index contributed by atoms with van der Waals surface area (Å²) >= 11 is 1.75. The number of hydrogen-bond acceptors (Lipinski definition) is 3. The molecule has 3 heteroatoms. The minimum Gasteiger partial charge on any atom is -0.508 e. The zero-order valence-electron chi connectivity index (χ0n) is 11.5. The van der Waals surface area contributed by atoms with Gasteiger partial charge in [-0.2, -0.15) is 0 Å². The largest absolute Gasteiger partial charge is 0.508 e. The number of phenols is 1. The van der Waals surface area contributed by atoms with Crippen LogP contribution in [0, 0.1) is 0 Å². The molecule has 0 radical (unpaired) electrons. The third-order valence-corrected chi connectivity index (χ3v) is 4.09. The van der Waals surface area contributed by atoms with Gasteiger partial charge in [0.2, 0.25) is 0 Å². The molecule has 104 valence electrons. The Kier molecular flexibility index (Phi) is 5.13. The molecule has 1 unspecified atom stereocenters. The van der Waals surface area contributed by atoms with Gasteiger partial charge in [0.15, 0.2) is 0 Å². The van der Waals surface area contributed by atoms with Crippen LogP contribution in [-0.2, 0) is 0 Å². The van der Waals surface area contributed by atoms with Gasteiger partial charge in [-0.05, 0) is 25.1 Å². The molecule has 0 aliphatic carbocycles. The number of phenolic OH excluding ortho intramolecular Hbond substituents is 1. The fourth-order valence-corrected chi connectivity index (χ4v) is 2.78. The number of para-hydroxylation sites is 2. The molecular formula is C17H19NOS. The summed E-state index contributed by atoms with van der Waals surface area (Å²) in [6, 6.07) is 15.7. The average Bonchev–Trinajstić information content (AvgIpc) is 2.46. The first-order chi connectivity index (χ1) is 9.72. The molecule has 2 rings (SSSR count). The first-order valence-corrected chi connectivity index (χ1v) is 7.58. The van der Waals surface area contributed by atoms with Crippen molar-refractivity contribution < 1.29 is 5.11 Å². The highest BCUT2D eigenvalue weighted by atomic mass is 32.2. The lowest BCUT2D eigenvalue weighted by atomic mass is 10.1. The Labute approximate surface area is 124 Å². The number of rotatable bonds is 6. The molecule has 0 aromatic heterocycles. The highest BCUT2D eigenvalue weighted by Gasteiger charge is 2.11. The van der Waals surface area contributed by atoms with E-state index in [1.807, 2.05) is 43.3 Å². The predicted molar refractivity (Wildman–Crippen MR) is 87.5 cm³/mol. The fourth-order valence-electron chi connectivity index (χ4n) is 2.03. The minimum atomic E-state index is 0.0432. The Morgan fingerprint density at radius 3 is 2.65 bits per heavy atom. The Balaban J connectivity index is 2.17. The van der Waals surface area contributed by atoms with Crippen molar-refractivity contribution >= 4 is 17.4 Å². The van der Waals surface area contributed by atoms with Crippen LogP contribution in [0.15, 0.2) is 66.1 Å². The molecule has 0 bridgehead atoms. The summed E-state index contributed by atoms with van der Waals surface area (Å²) in [6.45, 7) is 5.80. The molecule has 2 N–H and O–H groups in total. The molecule has 0 aliphatic rings. The lowest BCUT2D eigenvalue weighted by Gasteiger charge is -2.19. The second-order valence-electron chi connectivity index (χ2n) is 4.52. The molecule has 0 saturated heterocycles. The zero-order valence-corrected chi connectivity index (χ0v) is 12.4. The molecule has 1 atom stereocenters. The minimum absolute atomic E-state index is 0.0432. The maximum Gasteiger partial charge on any atom is 0.120 e. The van der Waals surface area contributed by atoms with Gasteiger partial charge in [0.25, 0.3) is 0 Å². The summed E-state index contributed by atoms with van der Waals surface area (Å²) in [5.74, 6) is 1.20. The van der Waals surface area contributed by atoms with Crippen molar-refractivity contribution in [3.63, 3.8) is 0 Å². The fraction of sp³-hybridized carbons (Fsp3) is 0.176. The van der Waals surface area contributed by atoms with Crippen LogP contribution in [0.3, 0.4) is 0 Å². The van der Waals surface area contributed by atoms with Crippen LogP contribution < -0.4 is 5.32 Å². The van der Waals surface area contributed by atoms with Gasteiger partial charge in [0.1, 0.15) is 5.75 Å². The van der Waals surface area contributed by atoms with Gasteiger partial charge in [0, 0.05) is 21.9 Å². The number of benzene rings is 2. The van der Waals surface area contributed by atoms with E-state index >= 15 is 0 Å². The monoisotopic (exact) mass is 285 g/mol. The Morgan fingerprint density at radius 1 is 1.20 bits per heavy atom. The van der Waals surface area contributed by atoms with E-state index in [1.54, 1.807) is 17.8 Å². The number of thioether (sulfide) groups is 1. The highest BCUT2D eigenvalue weighted by molar-refractivity contribution is 7.99. The van der Waals surface area contributed by atoms with Crippen molar-refractivity contribution in [2.45, 2.75) is 17.9 Å². The third-order valence-electron chi connectivity index (χ3n) is 3.02. The van der Waals surface area contributed by atoms with E-state index in [4.69, 9.17) is 0 Å². The van der Waals surface area contributed by atoms with Crippen molar-refractivity contribution in [1.29, 1.82) is 0 Å². The number of hydrogen-bond donors (Lipinski definition) is 2. The smallest absolute Gasteiger partial charge is 0.120 e. The maximum absolute atomic E-state index is 9.91. The quantitative estimate of drug-likeness (QED) is 0.588. The Hall–Kier alpha value is -1.87. The van der Waals surface area contributed by atoms with Crippen molar-refractivity contribution in [3.05, 3.63) is 66.7 Å². The standard InChI is InChI=1S/C17H19NOS/c1-3-12-20-17-11-7-5-9-15(17)18-13(2)14-8-4-6-10-16(14)19/h3-11,13,18-19H,1,12H2,2H3. The van der Waals surface area contributed by atoms with E-state index in [9.17, 15) is 5.11 Å². The van der Waals surface area contributed by atoms with Gasteiger partial charge >= 0.3 is 0 Å². The van der Waals surface area contributed by atoms with E-state index in [1.165, 1.54) is 4.90 Å². The van der Waals surface area contributed by atoms with Crippen LogP contribution >= 0.6 is 11.8 Å². The van der Waals surface area contributed by atoms with Crippen molar-refractivity contribution in [2.24, 2.45) is 0 Å². The first kappa shape index (κ1) is 14.5. The average molecular weight is 285 g/mol. The number of anilines is 1. The summed E-state index contributed by atoms with van der Waals surface area (Å²) in [6.07, 6.45) is 1.90. The number of aromatic hydroxyl groups is 1. The van der Waals surface area contributed by atoms with E-state index in [2.05, 4.69) is 24.0 Å². The zero-order chi connectivity index (χ0) is 14.4. The molecule has 0 heterocycles. The molecule has 0 saturated carbocycles. The first-order valence-electron chi connectivity index (χ1n) is 6.59. The summed E-state index contributed by atoms with van der Waals surface area (Å²) in [5, 5.41) is 13.4. The lowest BCUT2D eigenvalue weighted by molar-refractivity contribution is 0.465. The van der Waals surface area contributed by atoms with Gasteiger partial charge < -0.3 is 10.4 Å². The topological polar surface area (TPSA) is 32.3 Å². The van der Waals surface area contributed by atoms with Crippen LogP contribution in [0.1, 0.15) is 18.5 Å². The summed E-state index contributed by atoms with van der Waals surface area (Å²) in [7, 11) is 0. The molecule has 2 aromatic rings. The van der Waals surface area contributed by atoms with Crippen LogP contribution in [0.2, 0.25) is 0 Å². The Morgan fingerprint density at radius 2 is 1.90 bits per heavy atom. The van der Waals surface area contributed by atoms with Gasteiger partial charge in [-0.1, -0.05) is 36.4 Å². The van der Waals surface area contributed by atoms with Gasteiger partial charge in [-0.3, -0.25) is 0 Å². The van der Waals surface area contributed by atoms with E-state index in [0.29, 0.717) is 5.75 Å². The molecule has 2 nitrogen and oxygen atoms in total. The predicted octanol–water partition coefficient (Wildman–Crippen LogP) is 4.84. The lowest BCUT2D eigenvalue weighted by Crippen LogP contribution is -2.07. The van der Waals surface area contributed by atoms with Gasteiger partial charge in [-0.25, -0.2) is 0 Å². The van der Waals surface area contributed by atoms with E-state index < -0.39 is 0 Å². The van der Waals surface area contributed by atoms with E-state index in [0.717, 1.165) is 17.0 Å². The second-order valence-corrected chi connectivity index (χ2v) is 5.58. The van der Waals surface area contributed by atoms with Crippen LogP contribution in [0.25, 0.3) is 0 Å². The number of nitrogens with one attached hydrogen (secondary N) is 1. The third kappa shape index (κ3) is 3.58. The second kappa shape index (κ2) is 7.06. The van der Waals surface area contributed by atoms with Crippen LogP contribution in [0.4, 0.5) is 5.69 Å². The summed E-state index contributed by atoms with van der Waals surface area (Å²) in [4.78, 5) is 1.19. The summed E-state index contributed by atoms with van der Waals surface area (Å²) < 4.78 is 0. The Bertz CT molecular complexity index is 583. The molecule has 0 amide bonds. The maximum atomic E-state index is 9.91. The summed E-state index contributed by atoms with van der Waals surface area (Å²) in [5.41, 5.74) is 1.98. The molecule has 0 spiro atoms. The molecule has 20 heavy (non-hydrogen) atoms. The van der Waals surface area contributed by atoms with Gasteiger partial charge in [0.05, 0.1) is 6.04 Å². The van der Waals surface area contributed by atoms with Crippen molar-refractivity contribution in [3.8, 4) is 5.75 Å². The molecular weight excluding hydrogens is 266 g/mol. The van der Waals surface area contributed by atoms with E-state index in [-0.39, 0.29) is 6.04 Å². The van der Waals surface area contributed by atoms with Crippen LogP contribution in [0.5, 0.6) is 5.75 Å². The normalized spacial score (nSPS) is 11.8. The van der Waals surface area contributed by atoms with Crippen LogP contribution in [-0.4, -0.2) is 10.9 Å². The van der Waals surface area contributed by atoms with Gasteiger partial charge in [-0.15, -0.1) is 18.3 Å².